The molecule has 0 aliphatic carbocycles. The Labute approximate surface area is 140 Å². The zero-order chi connectivity index (χ0) is 15.6. The topological polar surface area (TPSA) is 41.1 Å². The van der Waals surface area contributed by atoms with Gasteiger partial charge in [-0.1, -0.05) is 11.6 Å². The summed E-state index contributed by atoms with van der Waals surface area (Å²) in [5.41, 5.74) is 2.17. The van der Waals surface area contributed by atoms with E-state index in [1.807, 2.05) is 12.3 Å². The average Bonchev–Trinajstić information content (AvgIpc) is 3.11. The van der Waals surface area contributed by atoms with Crippen LogP contribution >= 0.6 is 11.6 Å². The number of halogens is 1. The molecule has 1 aliphatic rings. The average molecular weight is 325 g/mol. The van der Waals surface area contributed by atoms with E-state index < -0.39 is 0 Å². The molecule has 3 aromatic rings. The van der Waals surface area contributed by atoms with E-state index in [0.717, 1.165) is 30.0 Å². The lowest BCUT2D eigenvalue weighted by molar-refractivity contribution is 0.949. The minimum absolute atomic E-state index is 0.483. The van der Waals surface area contributed by atoms with Crippen LogP contribution < -0.4 is 10.2 Å². The van der Waals surface area contributed by atoms with E-state index in [9.17, 15) is 0 Å². The highest BCUT2D eigenvalue weighted by Crippen LogP contribution is 2.29. The van der Waals surface area contributed by atoms with E-state index in [4.69, 9.17) is 11.6 Å². The van der Waals surface area contributed by atoms with Crippen molar-refractivity contribution in [2.75, 3.05) is 23.3 Å². The van der Waals surface area contributed by atoms with Gasteiger partial charge in [0, 0.05) is 30.4 Å². The molecule has 0 radical (unpaired) electrons. The van der Waals surface area contributed by atoms with Gasteiger partial charge in [-0.25, -0.2) is 9.97 Å². The summed E-state index contributed by atoms with van der Waals surface area (Å²) in [4.78, 5) is 11.0. The number of pyridine rings is 2. The van der Waals surface area contributed by atoms with Crippen molar-refractivity contribution < 1.29 is 0 Å². The SMILES string of the molecule is Clc1ccc(Nc2nccc3cc(N4CCCC4)ccc23)cn1. The second-order valence-electron chi connectivity index (χ2n) is 5.75. The molecule has 2 aromatic heterocycles. The Balaban J connectivity index is 1.68. The number of fused-ring (bicyclic) bond motifs is 1. The van der Waals surface area contributed by atoms with Crippen LogP contribution in [0.4, 0.5) is 17.2 Å². The first-order valence-corrected chi connectivity index (χ1v) is 8.20. The second kappa shape index (κ2) is 6.05. The van der Waals surface area contributed by atoms with Crippen LogP contribution in [0.1, 0.15) is 12.8 Å². The maximum atomic E-state index is 5.83. The first kappa shape index (κ1) is 14.3. The Morgan fingerprint density at radius 2 is 1.87 bits per heavy atom. The first-order chi connectivity index (χ1) is 11.3. The summed E-state index contributed by atoms with van der Waals surface area (Å²) >= 11 is 5.83. The van der Waals surface area contributed by atoms with Crippen molar-refractivity contribution in [3.8, 4) is 0 Å². The highest BCUT2D eigenvalue weighted by atomic mass is 35.5. The summed E-state index contributed by atoms with van der Waals surface area (Å²) in [7, 11) is 0. The molecule has 0 bridgehead atoms. The fourth-order valence-corrected chi connectivity index (χ4v) is 3.14. The quantitative estimate of drug-likeness (QED) is 0.713. The fourth-order valence-electron chi connectivity index (χ4n) is 3.02. The Bertz CT molecular complexity index is 826. The van der Waals surface area contributed by atoms with Crippen LogP contribution in [-0.4, -0.2) is 23.1 Å². The molecule has 0 amide bonds. The highest BCUT2D eigenvalue weighted by molar-refractivity contribution is 6.29. The van der Waals surface area contributed by atoms with Crippen LogP contribution in [0.5, 0.6) is 0 Å². The summed E-state index contributed by atoms with van der Waals surface area (Å²) in [5, 5.41) is 6.09. The van der Waals surface area contributed by atoms with Gasteiger partial charge in [-0.05, 0) is 54.6 Å². The smallest absolute Gasteiger partial charge is 0.138 e. The zero-order valence-electron chi connectivity index (χ0n) is 12.7. The van der Waals surface area contributed by atoms with Crippen molar-refractivity contribution in [1.82, 2.24) is 9.97 Å². The number of benzene rings is 1. The summed E-state index contributed by atoms with van der Waals surface area (Å²) in [6, 6.07) is 12.3. The monoisotopic (exact) mass is 324 g/mol. The molecule has 3 heterocycles. The van der Waals surface area contributed by atoms with E-state index in [-0.39, 0.29) is 0 Å². The van der Waals surface area contributed by atoms with E-state index >= 15 is 0 Å². The van der Waals surface area contributed by atoms with Gasteiger partial charge in [-0.3, -0.25) is 0 Å². The fraction of sp³-hybridized carbons (Fsp3) is 0.222. The van der Waals surface area contributed by atoms with Gasteiger partial charge < -0.3 is 10.2 Å². The molecule has 1 aliphatic heterocycles. The van der Waals surface area contributed by atoms with Crippen molar-refractivity contribution in [1.29, 1.82) is 0 Å². The standard InChI is InChI=1S/C18H17ClN4/c19-17-6-3-14(12-21-17)22-18-16-5-4-15(23-9-1-2-10-23)11-13(16)7-8-20-18/h3-8,11-12H,1-2,9-10H2,(H,20,22). The molecule has 1 fully saturated rings. The molecule has 0 saturated carbocycles. The maximum absolute atomic E-state index is 5.83. The third-order valence-corrected chi connectivity index (χ3v) is 4.43. The Morgan fingerprint density at radius 3 is 2.65 bits per heavy atom. The van der Waals surface area contributed by atoms with Gasteiger partial charge in [0.05, 0.1) is 11.9 Å². The summed E-state index contributed by atoms with van der Waals surface area (Å²) < 4.78 is 0. The lowest BCUT2D eigenvalue weighted by Gasteiger charge is -2.18. The molecule has 1 saturated heterocycles. The second-order valence-corrected chi connectivity index (χ2v) is 6.14. The molecule has 4 rings (SSSR count). The Hall–Kier alpha value is -2.33. The molecule has 5 heteroatoms. The normalized spacial score (nSPS) is 14.4. The third-order valence-electron chi connectivity index (χ3n) is 4.21. The van der Waals surface area contributed by atoms with Crippen LogP contribution in [0, 0.1) is 0 Å². The summed E-state index contributed by atoms with van der Waals surface area (Å²) in [5.74, 6) is 0.833. The van der Waals surface area contributed by atoms with Gasteiger partial charge in [0.15, 0.2) is 0 Å². The van der Waals surface area contributed by atoms with Gasteiger partial charge in [-0.2, -0.15) is 0 Å². The number of anilines is 3. The molecule has 0 spiro atoms. The van der Waals surface area contributed by atoms with Gasteiger partial charge in [0.2, 0.25) is 0 Å². The van der Waals surface area contributed by atoms with Crippen molar-refractivity contribution in [3.05, 3.63) is 53.9 Å². The van der Waals surface area contributed by atoms with Gasteiger partial charge >= 0.3 is 0 Å². The van der Waals surface area contributed by atoms with E-state index in [0.29, 0.717) is 5.15 Å². The minimum atomic E-state index is 0.483. The largest absolute Gasteiger partial charge is 0.372 e. The number of rotatable bonds is 3. The van der Waals surface area contributed by atoms with Gasteiger partial charge in [-0.15, -0.1) is 0 Å². The molecule has 0 atom stereocenters. The summed E-state index contributed by atoms with van der Waals surface area (Å²) in [6.45, 7) is 2.30. The predicted octanol–water partition coefficient (Wildman–Crippen LogP) is 4.63. The van der Waals surface area contributed by atoms with E-state index in [1.165, 1.54) is 23.9 Å². The highest BCUT2D eigenvalue weighted by Gasteiger charge is 2.13. The van der Waals surface area contributed by atoms with Crippen molar-refractivity contribution in [2.45, 2.75) is 12.8 Å². The van der Waals surface area contributed by atoms with Crippen LogP contribution in [0.25, 0.3) is 10.8 Å². The molecule has 23 heavy (non-hydrogen) atoms. The van der Waals surface area contributed by atoms with Crippen molar-refractivity contribution in [2.24, 2.45) is 0 Å². The van der Waals surface area contributed by atoms with Crippen LogP contribution in [0.3, 0.4) is 0 Å². The Morgan fingerprint density at radius 1 is 1.00 bits per heavy atom. The predicted molar refractivity (Wildman–Crippen MR) is 95.7 cm³/mol. The minimum Gasteiger partial charge on any atom is -0.372 e. The third kappa shape index (κ3) is 2.94. The molecule has 0 unspecified atom stereocenters. The van der Waals surface area contributed by atoms with E-state index in [2.05, 4.69) is 44.5 Å². The number of nitrogens with zero attached hydrogens (tertiary/aromatic N) is 3. The van der Waals surface area contributed by atoms with Crippen LogP contribution in [-0.2, 0) is 0 Å². The summed E-state index contributed by atoms with van der Waals surface area (Å²) in [6.07, 6.45) is 6.11. The van der Waals surface area contributed by atoms with E-state index in [1.54, 1.807) is 12.3 Å². The molecule has 116 valence electrons. The first-order valence-electron chi connectivity index (χ1n) is 7.82. The lowest BCUT2D eigenvalue weighted by Crippen LogP contribution is -2.17. The number of aromatic nitrogens is 2. The van der Waals surface area contributed by atoms with Crippen LogP contribution in [0.2, 0.25) is 5.15 Å². The Kier molecular flexibility index (Phi) is 3.75. The number of hydrogen-bond donors (Lipinski definition) is 1. The number of hydrogen-bond acceptors (Lipinski definition) is 4. The lowest BCUT2D eigenvalue weighted by atomic mass is 10.1. The van der Waals surface area contributed by atoms with Gasteiger partial charge in [0.1, 0.15) is 11.0 Å². The maximum Gasteiger partial charge on any atom is 0.138 e. The molecule has 1 aromatic carbocycles. The molecule has 4 nitrogen and oxygen atoms in total. The van der Waals surface area contributed by atoms with Crippen LogP contribution in [0.15, 0.2) is 48.8 Å². The molecular formula is C18H17ClN4. The van der Waals surface area contributed by atoms with Crippen molar-refractivity contribution >= 4 is 39.6 Å². The number of nitrogens with one attached hydrogen (secondary N) is 1. The van der Waals surface area contributed by atoms with Crippen molar-refractivity contribution in [3.63, 3.8) is 0 Å². The molecule has 1 N–H and O–H groups in total. The molecular weight excluding hydrogens is 308 g/mol. The zero-order valence-corrected chi connectivity index (χ0v) is 13.4. The van der Waals surface area contributed by atoms with Gasteiger partial charge in [0.25, 0.3) is 0 Å².